The molecule has 20 heavy (non-hydrogen) atoms. The van der Waals surface area contributed by atoms with Crippen LogP contribution in [0.25, 0.3) is 0 Å². The molecule has 0 saturated heterocycles. The number of nitrogens with one attached hydrogen (secondary N) is 1. The Morgan fingerprint density at radius 2 is 2.10 bits per heavy atom. The minimum absolute atomic E-state index is 0.0252. The summed E-state index contributed by atoms with van der Waals surface area (Å²) < 4.78 is 1.65. The van der Waals surface area contributed by atoms with Crippen LogP contribution in [0.15, 0.2) is 0 Å². The predicted molar refractivity (Wildman–Crippen MR) is 81.5 cm³/mol. The molecule has 1 aromatic rings. The molecule has 1 rings (SSSR count). The van der Waals surface area contributed by atoms with Gasteiger partial charge in [0.25, 0.3) is 0 Å². The molecule has 1 aromatic heterocycles. The van der Waals surface area contributed by atoms with Gasteiger partial charge in [-0.1, -0.05) is 0 Å². The smallest absolute Gasteiger partial charge is 0.241 e. The number of carbonyl (C=O) groups excluding carboxylic acids is 1. The van der Waals surface area contributed by atoms with E-state index in [1.807, 2.05) is 13.8 Å². The van der Waals surface area contributed by atoms with Gasteiger partial charge in [-0.3, -0.25) is 9.48 Å². The highest BCUT2D eigenvalue weighted by Crippen LogP contribution is 2.14. The third-order valence-corrected chi connectivity index (χ3v) is 3.62. The number of rotatable bonds is 7. The van der Waals surface area contributed by atoms with Crippen molar-refractivity contribution in [2.24, 2.45) is 0 Å². The Hall–Kier alpha value is -1.56. The summed E-state index contributed by atoms with van der Waals surface area (Å²) in [5.41, 5.74) is 8.12. The lowest BCUT2D eigenvalue weighted by Crippen LogP contribution is -2.33. The van der Waals surface area contributed by atoms with Crippen LogP contribution in [0.3, 0.4) is 0 Å². The summed E-state index contributed by atoms with van der Waals surface area (Å²) in [4.78, 5) is 14.1. The Bertz CT molecular complexity index is 453. The molecule has 1 amide bonds. The Balaban J connectivity index is 2.32. The van der Waals surface area contributed by atoms with Crippen molar-refractivity contribution in [2.75, 3.05) is 25.9 Å². The van der Waals surface area contributed by atoms with Gasteiger partial charge in [-0.15, -0.1) is 0 Å². The highest BCUT2D eigenvalue weighted by atomic mass is 16.2. The summed E-state index contributed by atoms with van der Waals surface area (Å²) in [5, 5.41) is 7.17. The molecule has 0 atom stereocenters. The van der Waals surface area contributed by atoms with E-state index in [1.54, 1.807) is 4.68 Å². The number of hydrogen-bond acceptors (Lipinski definition) is 4. The number of amides is 1. The van der Waals surface area contributed by atoms with Crippen LogP contribution in [0, 0.1) is 13.8 Å². The normalized spacial score (nSPS) is 11.3. The summed E-state index contributed by atoms with van der Waals surface area (Å²) >= 11 is 0. The fourth-order valence-corrected chi connectivity index (χ4v) is 1.87. The zero-order chi connectivity index (χ0) is 15.3. The zero-order valence-electron chi connectivity index (χ0n) is 13.2. The van der Waals surface area contributed by atoms with Crippen LogP contribution >= 0.6 is 0 Å². The molecule has 0 aliphatic rings. The molecule has 114 valence electrons. The Labute approximate surface area is 121 Å². The van der Waals surface area contributed by atoms with E-state index in [9.17, 15) is 4.79 Å². The first-order valence-electron chi connectivity index (χ1n) is 7.09. The average molecular weight is 281 g/mol. The minimum Gasteiger partial charge on any atom is -0.396 e. The third kappa shape index (κ3) is 4.52. The van der Waals surface area contributed by atoms with Gasteiger partial charge in [0, 0.05) is 12.6 Å². The fourth-order valence-electron chi connectivity index (χ4n) is 1.87. The van der Waals surface area contributed by atoms with Gasteiger partial charge in [0.2, 0.25) is 5.91 Å². The molecule has 6 nitrogen and oxygen atoms in total. The number of nitrogens with two attached hydrogens (primary N) is 1. The van der Waals surface area contributed by atoms with Crippen molar-refractivity contribution in [3.05, 3.63) is 11.4 Å². The van der Waals surface area contributed by atoms with Gasteiger partial charge in [0.05, 0.1) is 17.1 Å². The summed E-state index contributed by atoms with van der Waals surface area (Å²) in [6.45, 7) is 9.93. The number of carbonyl (C=O) groups is 1. The Morgan fingerprint density at radius 3 is 2.60 bits per heavy atom. The molecule has 0 saturated carbocycles. The van der Waals surface area contributed by atoms with Crippen LogP contribution in [0.4, 0.5) is 5.69 Å². The molecular formula is C14H27N5O. The van der Waals surface area contributed by atoms with Crippen LogP contribution < -0.4 is 11.1 Å². The Morgan fingerprint density at radius 1 is 1.45 bits per heavy atom. The van der Waals surface area contributed by atoms with Crippen molar-refractivity contribution in [2.45, 2.75) is 46.7 Å². The number of aromatic nitrogens is 2. The lowest BCUT2D eigenvalue weighted by molar-refractivity contribution is -0.121. The van der Waals surface area contributed by atoms with E-state index in [2.05, 4.69) is 36.2 Å². The van der Waals surface area contributed by atoms with Crippen molar-refractivity contribution < 1.29 is 4.79 Å². The average Bonchev–Trinajstić information content (AvgIpc) is 2.62. The number of nitrogens with zero attached hydrogens (tertiary/aromatic N) is 3. The fraction of sp³-hybridized carbons (Fsp3) is 0.714. The van der Waals surface area contributed by atoms with E-state index < -0.39 is 0 Å². The second kappa shape index (κ2) is 7.28. The van der Waals surface area contributed by atoms with Gasteiger partial charge in [-0.25, -0.2) is 0 Å². The number of aryl methyl sites for hydroxylation is 1. The zero-order valence-corrected chi connectivity index (χ0v) is 13.2. The van der Waals surface area contributed by atoms with E-state index >= 15 is 0 Å². The second-order valence-electron chi connectivity index (χ2n) is 5.52. The van der Waals surface area contributed by atoms with Gasteiger partial charge in [0.1, 0.15) is 6.54 Å². The molecule has 0 aliphatic heterocycles. The summed E-state index contributed by atoms with van der Waals surface area (Å²) in [7, 11) is 2.09. The molecule has 6 heteroatoms. The maximum atomic E-state index is 11.8. The molecule has 0 aliphatic carbocycles. The molecule has 1 heterocycles. The summed E-state index contributed by atoms with van der Waals surface area (Å²) in [5.74, 6) is -0.0252. The number of hydrogen-bond donors (Lipinski definition) is 2. The second-order valence-corrected chi connectivity index (χ2v) is 5.52. The quantitative estimate of drug-likeness (QED) is 0.729. The molecule has 0 fully saturated rings. The van der Waals surface area contributed by atoms with Crippen molar-refractivity contribution in [3.8, 4) is 0 Å². The van der Waals surface area contributed by atoms with Crippen LogP contribution in [-0.2, 0) is 11.3 Å². The van der Waals surface area contributed by atoms with E-state index in [1.165, 1.54) is 0 Å². The Kier molecular flexibility index (Phi) is 6.01. The van der Waals surface area contributed by atoms with E-state index in [0.29, 0.717) is 18.3 Å². The van der Waals surface area contributed by atoms with Gasteiger partial charge in [-0.2, -0.15) is 5.10 Å². The summed E-state index contributed by atoms with van der Waals surface area (Å²) in [6, 6.07) is 0.531. The monoisotopic (exact) mass is 281 g/mol. The largest absolute Gasteiger partial charge is 0.396 e. The molecular weight excluding hydrogens is 254 g/mol. The predicted octanol–water partition coefficient (Wildman–Crippen LogP) is 0.929. The first-order valence-corrected chi connectivity index (χ1v) is 7.09. The van der Waals surface area contributed by atoms with E-state index in [0.717, 1.165) is 24.4 Å². The first-order chi connectivity index (χ1) is 9.32. The van der Waals surface area contributed by atoms with Gasteiger partial charge in [-0.05, 0) is 47.7 Å². The van der Waals surface area contributed by atoms with E-state index in [-0.39, 0.29) is 12.5 Å². The van der Waals surface area contributed by atoms with Crippen molar-refractivity contribution in [3.63, 3.8) is 0 Å². The molecule has 0 unspecified atom stereocenters. The highest BCUT2D eigenvalue weighted by Gasteiger charge is 2.11. The van der Waals surface area contributed by atoms with Crippen molar-refractivity contribution in [1.82, 2.24) is 20.0 Å². The minimum atomic E-state index is -0.0252. The maximum absolute atomic E-state index is 11.8. The van der Waals surface area contributed by atoms with Gasteiger partial charge < -0.3 is 16.0 Å². The van der Waals surface area contributed by atoms with Crippen LogP contribution in [0.1, 0.15) is 31.7 Å². The number of anilines is 1. The van der Waals surface area contributed by atoms with E-state index in [4.69, 9.17) is 5.73 Å². The van der Waals surface area contributed by atoms with Crippen LogP contribution in [0.2, 0.25) is 0 Å². The van der Waals surface area contributed by atoms with Crippen molar-refractivity contribution >= 4 is 11.6 Å². The standard InChI is InChI=1S/C14H27N5O/c1-10(2)18(5)8-6-7-16-13(20)9-19-12(4)14(15)11(3)17-19/h10H,6-9,15H2,1-5H3,(H,16,20). The molecule has 0 radical (unpaired) electrons. The molecule has 3 N–H and O–H groups in total. The van der Waals surface area contributed by atoms with Crippen LogP contribution in [0.5, 0.6) is 0 Å². The van der Waals surface area contributed by atoms with Gasteiger partial charge >= 0.3 is 0 Å². The molecule has 0 aromatic carbocycles. The highest BCUT2D eigenvalue weighted by molar-refractivity contribution is 5.75. The lowest BCUT2D eigenvalue weighted by Gasteiger charge is -2.20. The van der Waals surface area contributed by atoms with Crippen LogP contribution in [-0.4, -0.2) is 46.8 Å². The molecule has 0 bridgehead atoms. The topological polar surface area (TPSA) is 76.2 Å². The van der Waals surface area contributed by atoms with Gasteiger partial charge in [0.15, 0.2) is 0 Å². The SMILES string of the molecule is Cc1nn(CC(=O)NCCCN(C)C(C)C)c(C)c1N. The molecule has 0 spiro atoms. The third-order valence-electron chi connectivity index (χ3n) is 3.62. The first kappa shape index (κ1) is 16.5. The van der Waals surface area contributed by atoms with Crippen molar-refractivity contribution in [1.29, 1.82) is 0 Å². The maximum Gasteiger partial charge on any atom is 0.241 e. The number of nitrogen functional groups attached to an aromatic ring is 1. The lowest BCUT2D eigenvalue weighted by atomic mass is 10.3. The summed E-state index contributed by atoms with van der Waals surface area (Å²) in [6.07, 6.45) is 0.944.